The number of rotatable bonds is 4. The number of nitrogens with zero attached hydrogens (tertiary/aromatic N) is 4. The lowest BCUT2D eigenvalue weighted by atomic mass is 10.0. The van der Waals surface area contributed by atoms with Gasteiger partial charge < -0.3 is 10.3 Å². The number of hydrogen-bond donors (Lipinski definition) is 1. The van der Waals surface area contributed by atoms with Gasteiger partial charge in [-0.15, -0.1) is 0 Å². The van der Waals surface area contributed by atoms with Crippen LogP contribution in [0.15, 0.2) is 60.9 Å². The van der Waals surface area contributed by atoms with Crippen LogP contribution in [-0.2, 0) is 0 Å². The highest BCUT2D eigenvalue weighted by Gasteiger charge is 2.53. The first-order chi connectivity index (χ1) is 15.5. The van der Waals surface area contributed by atoms with Gasteiger partial charge in [0.15, 0.2) is 0 Å². The van der Waals surface area contributed by atoms with Gasteiger partial charge in [-0.1, -0.05) is 19.1 Å². The molecule has 1 aliphatic heterocycles. The monoisotopic (exact) mass is 425 g/mol. The van der Waals surface area contributed by atoms with E-state index in [-0.39, 0.29) is 5.82 Å². The van der Waals surface area contributed by atoms with Crippen LogP contribution in [0.1, 0.15) is 41.5 Å². The largest absolute Gasteiger partial charge is 0.366 e. The second-order valence-electron chi connectivity index (χ2n) is 8.53. The van der Waals surface area contributed by atoms with Crippen molar-refractivity contribution in [3.8, 4) is 33.9 Å². The van der Waals surface area contributed by atoms with Crippen molar-refractivity contribution in [3.05, 3.63) is 78.1 Å². The summed E-state index contributed by atoms with van der Waals surface area (Å²) >= 11 is 0. The van der Waals surface area contributed by atoms with Gasteiger partial charge >= 0.3 is 0 Å². The minimum absolute atomic E-state index is 0.372. The van der Waals surface area contributed by atoms with E-state index in [4.69, 9.17) is 10.7 Å². The zero-order valence-electron chi connectivity index (χ0n) is 17.4. The molecule has 6 nitrogen and oxygen atoms in total. The van der Waals surface area contributed by atoms with Gasteiger partial charge in [0.05, 0.1) is 23.3 Å². The number of fused-ring (bicyclic) bond motifs is 3. The molecule has 0 bridgehead atoms. The second-order valence-corrected chi connectivity index (χ2v) is 8.53. The normalized spacial score (nSPS) is 20.6. The molecule has 2 aliphatic rings. The van der Waals surface area contributed by atoms with Crippen LogP contribution in [0.5, 0.6) is 0 Å². The second kappa shape index (κ2) is 6.82. The zero-order chi connectivity index (χ0) is 22.0. The standard InChI is InChI=1S/C25H20FN5O/c1-13-18-11-21(18)31-23(22(30-25(13)31)19-7-6-17(26)12-29-19)16-8-9-28-20(10-16)14-2-4-15(5-3-14)24(27)32/h2-10,12-13,18,21H,11H2,1H3,(H2,27,32)/t13-,18?,21-/m0/s1. The maximum absolute atomic E-state index is 13.5. The summed E-state index contributed by atoms with van der Waals surface area (Å²) in [7, 11) is 0. The first-order valence-corrected chi connectivity index (χ1v) is 10.6. The Kier molecular flexibility index (Phi) is 4.02. The van der Waals surface area contributed by atoms with E-state index in [2.05, 4.69) is 21.5 Å². The van der Waals surface area contributed by atoms with E-state index in [1.165, 1.54) is 12.3 Å². The minimum Gasteiger partial charge on any atom is -0.366 e. The number of hydrogen-bond acceptors (Lipinski definition) is 4. The summed E-state index contributed by atoms with van der Waals surface area (Å²) in [5, 5.41) is 0. The molecule has 1 fully saturated rings. The van der Waals surface area contributed by atoms with E-state index < -0.39 is 5.91 Å². The summed E-state index contributed by atoms with van der Waals surface area (Å²) in [5.41, 5.74) is 10.9. The summed E-state index contributed by atoms with van der Waals surface area (Å²) in [4.78, 5) is 25.2. The molecule has 3 atom stereocenters. The molecule has 0 spiro atoms. The number of halogens is 1. The Morgan fingerprint density at radius 3 is 2.59 bits per heavy atom. The Balaban J connectivity index is 1.50. The fourth-order valence-electron chi connectivity index (χ4n) is 4.84. The van der Waals surface area contributed by atoms with Gasteiger partial charge in [-0.2, -0.15) is 0 Å². The highest BCUT2D eigenvalue weighted by Crippen LogP contribution is 2.60. The van der Waals surface area contributed by atoms with Crippen molar-refractivity contribution in [2.75, 3.05) is 0 Å². The molecule has 4 heterocycles. The average molecular weight is 425 g/mol. The Morgan fingerprint density at radius 1 is 1.06 bits per heavy atom. The van der Waals surface area contributed by atoms with Gasteiger partial charge in [-0.3, -0.25) is 14.8 Å². The quantitative estimate of drug-likeness (QED) is 0.518. The van der Waals surface area contributed by atoms with E-state index in [1.54, 1.807) is 24.4 Å². The molecule has 1 saturated carbocycles. The molecule has 32 heavy (non-hydrogen) atoms. The number of benzene rings is 1. The molecule has 3 aromatic heterocycles. The molecule has 2 N–H and O–H groups in total. The Morgan fingerprint density at radius 2 is 1.88 bits per heavy atom. The number of carbonyl (C=O) groups excluding carboxylic acids is 1. The van der Waals surface area contributed by atoms with Gasteiger partial charge in [0.25, 0.3) is 0 Å². The van der Waals surface area contributed by atoms with Crippen molar-refractivity contribution in [1.29, 1.82) is 0 Å². The lowest BCUT2D eigenvalue weighted by Gasteiger charge is -2.11. The minimum atomic E-state index is -0.461. The summed E-state index contributed by atoms with van der Waals surface area (Å²) in [6, 6.07) is 14.6. The topological polar surface area (TPSA) is 86.7 Å². The van der Waals surface area contributed by atoms with Crippen molar-refractivity contribution in [2.45, 2.75) is 25.3 Å². The van der Waals surface area contributed by atoms with Crippen molar-refractivity contribution in [3.63, 3.8) is 0 Å². The van der Waals surface area contributed by atoms with E-state index in [9.17, 15) is 9.18 Å². The molecule has 0 saturated heterocycles. The van der Waals surface area contributed by atoms with Gasteiger partial charge in [-0.05, 0) is 48.7 Å². The van der Waals surface area contributed by atoms with E-state index in [1.807, 2.05) is 24.3 Å². The predicted molar refractivity (Wildman–Crippen MR) is 118 cm³/mol. The molecule has 0 radical (unpaired) electrons. The first kappa shape index (κ1) is 18.9. The van der Waals surface area contributed by atoms with Crippen LogP contribution in [0.3, 0.4) is 0 Å². The molecule has 4 aromatic rings. The molecule has 158 valence electrons. The summed E-state index contributed by atoms with van der Waals surface area (Å²) < 4.78 is 15.9. The van der Waals surface area contributed by atoms with Gasteiger partial charge in [0, 0.05) is 34.8 Å². The molecule has 1 unspecified atom stereocenters. The average Bonchev–Trinajstić information content (AvgIpc) is 3.43. The number of pyridine rings is 2. The van der Waals surface area contributed by atoms with Crippen LogP contribution in [-0.4, -0.2) is 25.4 Å². The van der Waals surface area contributed by atoms with Crippen LogP contribution >= 0.6 is 0 Å². The number of aromatic nitrogens is 4. The fourth-order valence-corrected chi connectivity index (χ4v) is 4.84. The lowest BCUT2D eigenvalue weighted by Crippen LogP contribution is -2.10. The lowest BCUT2D eigenvalue weighted by molar-refractivity contribution is 0.100. The first-order valence-electron chi connectivity index (χ1n) is 10.6. The summed E-state index contributed by atoms with van der Waals surface area (Å²) in [5.74, 6) is 1.25. The van der Waals surface area contributed by atoms with Crippen LogP contribution in [0.2, 0.25) is 0 Å². The molecule has 7 heteroatoms. The van der Waals surface area contributed by atoms with Crippen LogP contribution < -0.4 is 5.73 Å². The maximum atomic E-state index is 13.5. The zero-order valence-corrected chi connectivity index (χ0v) is 17.4. The molecule has 1 aromatic carbocycles. The maximum Gasteiger partial charge on any atom is 0.248 e. The Bertz CT molecular complexity index is 1360. The molecule has 1 amide bonds. The Labute approximate surface area is 184 Å². The fraction of sp³-hybridized carbons (Fsp3) is 0.200. The van der Waals surface area contributed by atoms with E-state index >= 15 is 0 Å². The number of nitrogens with two attached hydrogens (primary N) is 1. The number of imidazole rings is 1. The Hall–Kier alpha value is -3.87. The molecular formula is C25H20FN5O. The van der Waals surface area contributed by atoms with Crippen molar-refractivity contribution in [2.24, 2.45) is 11.7 Å². The highest BCUT2D eigenvalue weighted by atomic mass is 19.1. The van der Waals surface area contributed by atoms with Gasteiger partial charge in [0.1, 0.15) is 17.3 Å². The summed E-state index contributed by atoms with van der Waals surface area (Å²) in [6.45, 7) is 2.22. The van der Waals surface area contributed by atoms with E-state index in [0.717, 1.165) is 40.5 Å². The van der Waals surface area contributed by atoms with Crippen LogP contribution in [0, 0.1) is 11.7 Å². The molecular weight excluding hydrogens is 405 g/mol. The van der Waals surface area contributed by atoms with Gasteiger partial charge in [0.2, 0.25) is 5.91 Å². The van der Waals surface area contributed by atoms with Gasteiger partial charge in [-0.25, -0.2) is 9.37 Å². The predicted octanol–water partition coefficient (Wildman–Crippen LogP) is 4.59. The third-order valence-corrected chi connectivity index (χ3v) is 6.59. The number of amides is 1. The molecule has 6 rings (SSSR count). The van der Waals surface area contributed by atoms with Crippen molar-refractivity contribution in [1.82, 2.24) is 19.5 Å². The summed E-state index contributed by atoms with van der Waals surface area (Å²) in [6.07, 6.45) is 4.16. The number of carbonyl (C=O) groups is 1. The van der Waals surface area contributed by atoms with E-state index in [0.29, 0.717) is 29.1 Å². The highest BCUT2D eigenvalue weighted by molar-refractivity contribution is 5.93. The van der Waals surface area contributed by atoms with Crippen molar-refractivity contribution < 1.29 is 9.18 Å². The number of primary amides is 1. The third-order valence-electron chi connectivity index (χ3n) is 6.59. The van der Waals surface area contributed by atoms with Crippen LogP contribution in [0.25, 0.3) is 33.9 Å². The van der Waals surface area contributed by atoms with Crippen LogP contribution in [0.4, 0.5) is 4.39 Å². The third kappa shape index (κ3) is 2.85. The smallest absolute Gasteiger partial charge is 0.248 e. The SMILES string of the molecule is C[C@@H]1c2nc(-c3ccc(F)cn3)c(-c3ccnc(-c4ccc(C(N)=O)cc4)c3)n2[C@H]2CC12. The molecule has 1 aliphatic carbocycles. The van der Waals surface area contributed by atoms with Crippen molar-refractivity contribution >= 4 is 5.91 Å².